The van der Waals surface area contributed by atoms with E-state index in [1.807, 2.05) is 13.8 Å². The number of nitrogens with zero attached hydrogens (tertiary/aromatic N) is 2. The number of carboxylic acids is 1. The van der Waals surface area contributed by atoms with Gasteiger partial charge in [0.15, 0.2) is 5.84 Å². The number of aliphatic imine (C=N–C) groups is 1. The Bertz CT molecular complexity index is 586. The van der Waals surface area contributed by atoms with Gasteiger partial charge in [-0.25, -0.2) is 0 Å². The fraction of sp³-hybridized carbons (Fsp3) is 0.385. The van der Waals surface area contributed by atoms with Crippen molar-refractivity contribution < 1.29 is 44.3 Å². The molecular weight excluding hydrogens is 269 g/mol. The molecule has 1 amide bonds. The molecule has 0 aromatic carbocycles. The molecule has 2 rings (SSSR count). The summed E-state index contributed by atoms with van der Waals surface area (Å²) in [5.74, 6) is -1.48. The third kappa shape index (κ3) is 2.77. The van der Waals surface area contributed by atoms with E-state index in [-0.39, 0.29) is 58.5 Å². The smallest absolute Gasteiger partial charge is 0.545 e. The summed E-state index contributed by atoms with van der Waals surface area (Å²) in [4.78, 5) is 30.9. The summed E-state index contributed by atoms with van der Waals surface area (Å²) in [6.07, 6.45) is 1.45. The second-order valence-electron chi connectivity index (χ2n) is 4.93. The van der Waals surface area contributed by atoms with Crippen LogP contribution in [0, 0.1) is 5.92 Å². The van der Waals surface area contributed by atoms with E-state index >= 15 is 0 Å². The molecule has 1 unspecified atom stereocenters. The van der Waals surface area contributed by atoms with Crippen LogP contribution in [0.3, 0.4) is 0 Å². The molecule has 1 N–H and O–H groups in total. The SMILES string of the molecule is CC(C)C1(C)NC(c2ncccc2C(=O)[O-])=NC1=O.[Na+]. The summed E-state index contributed by atoms with van der Waals surface area (Å²) in [5, 5.41) is 14.0. The van der Waals surface area contributed by atoms with Crippen LogP contribution in [0.1, 0.15) is 36.8 Å². The van der Waals surface area contributed by atoms with Crippen molar-refractivity contribution in [2.45, 2.75) is 26.3 Å². The summed E-state index contributed by atoms with van der Waals surface area (Å²) in [6, 6.07) is 2.87. The van der Waals surface area contributed by atoms with Gasteiger partial charge >= 0.3 is 29.6 Å². The van der Waals surface area contributed by atoms with Gasteiger partial charge in [0, 0.05) is 11.8 Å². The van der Waals surface area contributed by atoms with Gasteiger partial charge in [-0.1, -0.05) is 13.8 Å². The molecule has 6 nitrogen and oxygen atoms in total. The summed E-state index contributed by atoms with van der Waals surface area (Å²) in [5.41, 5.74) is -0.800. The molecule has 100 valence electrons. The van der Waals surface area contributed by atoms with Gasteiger partial charge in [0.1, 0.15) is 11.2 Å². The molecule has 0 saturated carbocycles. The zero-order valence-electron chi connectivity index (χ0n) is 11.9. The molecule has 1 atom stereocenters. The van der Waals surface area contributed by atoms with Gasteiger partial charge in [0.05, 0.1) is 5.97 Å². The fourth-order valence-corrected chi connectivity index (χ4v) is 1.81. The number of nitrogens with one attached hydrogen (secondary N) is 1. The van der Waals surface area contributed by atoms with Crippen LogP contribution < -0.4 is 40.0 Å². The molecule has 0 fully saturated rings. The monoisotopic (exact) mass is 283 g/mol. The Kier molecular flexibility index (Phi) is 5.07. The van der Waals surface area contributed by atoms with Crippen LogP contribution >= 0.6 is 0 Å². The average Bonchev–Trinajstić information content (AvgIpc) is 2.67. The number of rotatable bonds is 3. The van der Waals surface area contributed by atoms with Crippen LogP contribution in [-0.4, -0.2) is 28.2 Å². The molecule has 7 heteroatoms. The zero-order chi connectivity index (χ0) is 14.2. The Morgan fingerprint density at radius 1 is 1.45 bits per heavy atom. The van der Waals surface area contributed by atoms with Crippen LogP contribution in [0.2, 0.25) is 0 Å². The maximum atomic E-state index is 12.0. The van der Waals surface area contributed by atoms with E-state index in [1.54, 1.807) is 6.92 Å². The van der Waals surface area contributed by atoms with Gasteiger partial charge in [-0.15, -0.1) is 0 Å². The number of aromatic nitrogens is 1. The Morgan fingerprint density at radius 2 is 2.10 bits per heavy atom. The van der Waals surface area contributed by atoms with Crippen LogP contribution in [0.15, 0.2) is 23.3 Å². The number of aromatic carboxylic acids is 1. The van der Waals surface area contributed by atoms with Crippen LogP contribution in [-0.2, 0) is 4.79 Å². The van der Waals surface area contributed by atoms with E-state index in [1.165, 1.54) is 18.3 Å². The molecular formula is C13H14N3NaO3. The molecule has 0 radical (unpaired) electrons. The van der Waals surface area contributed by atoms with Gasteiger partial charge in [0.25, 0.3) is 5.91 Å². The molecule has 0 saturated heterocycles. The minimum atomic E-state index is -1.35. The number of carbonyl (C=O) groups excluding carboxylic acids is 2. The number of pyridine rings is 1. The van der Waals surface area contributed by atoms with E-state index in [9.17, 15) is 14.7 Å². The predicted molar refractivity (Wildman–Crippen MR) is 66.5 cm³/mol. The zero-order valence-corrected chi connectivity index (χ0v) is 13.9. The summed E-state index contributed by atoms with van der Waals surface area (Å²) in [7, 11) is 0. The first-order chi connectivity index (χ1) is 8.86. The predicted octanol–water partition coefficient (Wildman–Crippen LogP) is -3.26. The molecule has 0 bridgehead atoms. The number of amides is 1. The van der Waals surface area contributed by atoms with E-state index in [4.69, 9.17) is 0 Å². The third-order valence-electron chi connectivity index (χ3n) is 3.44. The number of carbonyl (C=O) groups is 2. The van der Waals surface area contributed by atoms with Crippen LogP contribution in [0.4, 0.5) is 0 Å². The van der Waals surface area contributed by atoms with Gasteiger partial charge in [-0.05, 0) is 25.0 Å². The van der Waals surface area contributed by atoms with Crippen molar-refractivity contribution in [3.63, 3.8) is 0 Å². The van der Waals surface area contributed by atoms with Crippen molar-refractivity contribution in [2.24, 2.45) is 10.9 Å². The van der Waals surface area contributed by atoms with E-state index in [2.05, 4.69) is 15.3 Å². The molecule has 1 aliphatic heterocycles. The summed E-state index contributed by atoms with van der Waals surface area (Å²) < 4.78 is 0. The fourth-order valence-electron chi connectivity index (χ4n) is 1.81. The van der Waals surface area contributed by atoms with Gasteiger partial charge in [-0.3, -0.25) is 9.78 Å². The molecule has 2 heterocycles. The van der Waals surface area contributed by atoms with Crippen LogP contribution in [0.25, 0.3) is 0 Å². The largest absolute Gasteiger partial charge is 1.00 e. The Labute approximate surface area is 139 Å². The molecule has 0 spiro atoms. The number of carboxylic acid groups (broad SMARTS) is 1. The van der Waals surface area contributed by atoms with Crippen molar-refractivity contribution in [3.8, 4) is 0 Å². The second kappa shape index (κ2) is 6.03. The molecule has 20 heavy (non-hydrogen) atoms. The molecule has 1 aromatic rings. The Morgan fingerprint density at radius 3 is 2.60 bits per heavy atom. The first-order valence-corrected chi connectivity index (χ1v) is 5.94. The minimum Gasteiger partial charge on any atom is -0.545 e. The minimum absolute atomic E-state index is 0. The Balaban J connectivity index is 0.00000200. The van der Waals surface area contributed by atoms with Crippen molar-refractivity contribution >= 4 is 17.7 Å². The van der Waals surface area contributed by atoms with E-state index in [0.717, 1.165) is 0 Å². The quantitative estimate of drug-likeness (QED) is 0.588. The standard InChI is InChI=1S/C13H15N3O3.Na/c1-7(2)13(3)12(19)15-10(16-13)9-8(11(17)18)5-4-6-14-9;/h4-7H,1-3H3,(H,17,18)(H,15,16,19);/q;+1/p-1. The molecule has 1 aromatic heterocycles. The van der Waals surface area contributed by atoms with Crippen molar-refractivity contribution in [3.05, 3.63) is 29.6 Å². The van der Waals surface area contributed by atoms with E-state index in [0.29, 0.717) is 0 Å². The topological polar surface area (TPSA) is 94.5 Å². The number of hydrogen-bond acceptors (Lipinski definition) is 5. The molecule has 0 aliphatic carbocycles. The van der Waals surface area contributed by atoms with Gasteiger partial charge in [-0.2, -0.15) is 4.99 Å². The Hall–Kier alpha value is -1.24. The maximum Gasteiger partial charge on any atom is 1.00 e. The summed E-state index contributed by atoms with van der Waals surface area (Å²) >= 11 is 0. The van der Waals surface area contributed by atoms with Crippen molar-refractivity contribution in [1.29, 1.82) is 0 Å². The first kappa shape index (κ1) is 16.8. The molecule has 1 aliphatic rings. The summed E-state index contributed by atoms with van der Waals surface area (Å²) in [6.45, 7) is 5.51. The normalized spacial score (nSPS) is 21.2. The van der Waals surface area contributed by atoms with E-state index < -0.39 is 11.5 Å². The average molecular weight is 283 g/mol. The number of hydrogen-bond donors (Lipinski definition) is 1. The van der Waals surface area contributed by atoms with Crippen molar-refractivity contribution in [1.82, 2.24) is 10.3 Å². The first-order valence-electron chi connectivity index (χ1n) is 5.94. The van der Waals surface area contributed by atoms with Crippen LogP contribution in [0.5, 0.6) is 0 Å². The van der Waals surface area contributed by atoms with Crippen molar-refractivity contribution in [2.75, 3.05) is 0 Å². The van der Waals surface area contributed by atoms with Gasteiger partial charge in [0.2, 0.25) is 0 Å². The van der Waals surface area contributed by atoms with Gasteiger partial charge < -0.3 is 15.2 Å². The number of amidine groups is 1. The maximum absolute atomic E-state index is 12.0. The second-order valence-corrected chi connectivity index (χ2v) is 4.93. The third-order valence-corrected chi connectivity index (χ3v) is 3.44.